The summed E-state index contributed by atoms with van der Waals surface area (Å²) in [5.74, 6) is 0.0793. The molecule has 0 bridgehead atoms. The van der Waals surface area contributed by atoms with Crippen molar-refractivity contribution >= 4 is 5.78 Å². The Labute approximate surface area is 71.7 Å². The van der Waals surface area contributed by atoms with Crippen LogP contribution < -0.4 is 0 Å². The zero-order valence-corrected chi connectivity index (χ0v) is 7.37. The molecule has 0 aliphatic rings. The van der Waals surface area contributed by atoms with Crippen molar-refractivity contribution in [3.8, 4) is 0 Å². The average Bonchev–Trinajstić information content (AvgIpc) is 2.30. The Morgan fingerprint density at radius 1 is 1.83 bits per heavy atom. The van der Waals surface area contributed by atoms with Crippen molar-refractivity contribution in [1.82, 2.24) is 9.78 Å². The maximum absolute atomic E-state index is 11.4. The van der Waals surface area contributed by atoms with Crippen molar-refractivity contribution in [3.63, 3.8) is 0 Å². The fraction of sp³-hybridized carbons (Fsp3) is 0.333. The third kappa shape index (κ3) is 1.61. The van der Waals surface area contributed by atoms with E-state index in [1.54, 1.807) is 24.0 Å². The third-order valence-electron chi connectivity index (χ3n) is 1.64. The molecule has 64 valence electrons. The quantitative estimate of drug-likeness (QED) is 0.501. The molecule has 0 radical (unpaired) electrons. The number of allylic oxidation sites excluding steroid dienone is 1. The van der Waals surface area contributed by atoms with Crippen LogP contribution in [0.1, 0.15) is 22.5 Å². The first-order valence-corrected chi connectivity index (χ1v) is 3.79. The van der Waals surface area contributed by atoms with Gasteiger partial charge in [-0.3, -0.25) is 9.48 Å². The lowest BCUT2D eigenvalue weighted by Crippen LogP contribution is -1.96. The summed E-state index contributed by atoms with van der Waals surface area (Å²) < 4.78 is 1.64. The second-order valence-corrected chi connectivity index (χ2v) is 2.72. The molecule has 0 aliphatic heterocycles. The Kier molecular flexibility index (Phi) is 2.43. The Hall–Kier alpha value is -1.38. The predicted molar refractivity (Wildman–Crippen MR) is 47.1 cm³/mol. The molecule has 3 nitrogen and oxygen atoms in total. The van der Waals surface area contributed by atoms with Crippen LogP contribution in [0.2, 0.25) is 0 Å². The lowest BCUT2D eigenvalue weighted by molar-refractivity contribution is 0.0995. The fourth-order valence-electron chi connectivity index (χ4n) is 1.11. The van der Waals surface area contributed by atoms with Gasteiger partial charge in [-0.25, -0.2) is 0 Å². The molecule has 3 heteroatoms. The lowest BCUT2D eigenvalue weighted by Gasteiger charge is -1.91. The van der Waals surface area contributed by atoms with Crippen molar-refractivity contribution < 1.29 is 4.79 Å². The zero-order chi connectivity index (χ0) is 9.14. The van der Waals surface area contributed by atoms with Gasteiger partial charge in [0.05, 0.1) is 11.3 Å². The van der Waals surface area contributed by atoms with Crippen LogP contribution in [0, 0.1) is 6.92 Å². The lowest BCUT2D eigenvalue weighted by atomic mass is 10.1. The van der Waals surface area contributed by atoms with Crippen LogP contribution in [0.15, 0.2) is 18.9 Å². The van der Waals surface area contributed by atoms with E-state index >= 15 is 0 Å². The summed E-state index contributed by atoms with van der Waals surface area (Å²) in [6.45, 7) is 5.34. The number of aryl methyl sites for hydroxylation is 2. The number of hydrogen-bond donors (Lipinski definition) is 0. The van der Waals surface area contributed by atoms with E-state index in [2.05, 4.69) is 11.7 Å². The molecule has 0 amide bonds. The van der Waals surface area contributed by atoms with Gasteiger partial charge in [0.2, 0.25) is 0 Å². The maximum atomic E-state index is 11.4. The molecule has 0 aliphatic carbocycles. The fourth-order valence-corrected chi connectivity index (χ4v) is 1.11. The van der Waals surface area contributed by atoms with E-state index in [9.17, 15) is 4.79 Å². The Bertz CT molecular complexity index is 312. The van der Waals surface area contributed by atoms with Gasteiger partial charge in [0.25, 0.3) is 0 Å². The molecule has 0 unspecified atom stereocenters. The van der Waals surface area contributed by atoms with Crippen LogP contribution in [0.5, 0.6) is 0 Å². The van der Waals surface area contributed by atoms with Crippen LogP contribution in [0.3, 0.4) is 0 Å². The van der Waals surface area contributed by atoms with Crippen LogP contribution >= 0.6 is 0 Å². The number of ketones is 1. The SMILES string of the molecule is C=CCC(=O)c1cn(C)nc1C. The highest BCUT2D eigenvalue weighted by Crippen LogP contribution is 2.07. The number of aromatic nitrogens is 2. The van der Waals surface area contributed by atoms with Crippen molar-refractivity contribution in [2.45, 2.75) is 13.3 Å². The Balaban J connectivity index is 2.94. The summed E-state index contributed by atoms with van der Waals surface area (Å²) in [6, 6.07) is 0. The van der Waals surface area contributed by atoms with Crippen LogP contribution in [0.25, 0.3) is 0 Å². The smallest absolute Gasteiger partial charge is 0.170 e. The summed E-state index contributed by atoms with van der Waals surface area (Å²) in [5.41, 5.74) is 1.47. The number of rotatable bonds is 3. The molecule has 0 saturated carbocycles. The minimum Gasteiger partial charge on any atom is -0.294 e. The highest BCUT2D eigenvalue weighted by Gasteiger charge is 2.09. The molecule has 0 aromatic carbocycles. The summed E-state index contributed by atoms with van der Waals surface area (Å²) in [6.07, 6.45) is 3.72. The van der Waals surface area contributed by atoms with Gasteiger partial charge >= 0.3 is 0 Å². The molecule has 1 rings (SSSR count). The van der Waals surface area contributed by atoms with Crippen LogP contribution in [0.4, 0.5) is 0 Å². The number of nitrogens with zero attached hydrogens (tertiary/aromatic N) is 2. The van der Waals surface area contributed by atoms with Crippen LogP contribution in [-0.4, -0.2) is 15.6 Å². The molecule has 0 atom stereocenters. The van der Waals surface area contributed by atoms with Gasteiger partial charge in [-0.15, -0.1) is 6.58 Å². The minimum absolute atomic E-state index is 0.0793. The molecule has 1 aromatic rings. The molecular weight excluding hydrogens is 152 g/mol. The predicted octanol–water partition coefficient (Wildman–Crippen LogP) is 1.49. The number of carbonyl (C=O) groups excluding carboxylic acids is 1. The number of hydrogen-bond acceptors (Lipinski definition) is 2. The molecule has 0 N–H and O–H groups in total. The Morgan fingerprint density at radius 3 is 2.92 bits per heavy atom. The van der Waals surface area contributed by atoms with Gasteiger partial charge in [0.15, 0.2) is 5.78 Å². The molecular formula is C9H12N2O. The monoisotopic (exact) mass is 164 g/mol. The summed E-state index contributed by atoms with van der Waals surface area (Å²) >= 11 is 0. The van der Waals surface area contributed by atoms with E-state index in [0.717, 1.165) is 5.69 Å². The first-order chi connectivity index (χ1) is 5.65. The second-order valence-electron chi connectivity index (χ2n) is 2.72. The van der Waals surface area contributed by atoms with Gasteiger partial charge < -0.3 is 0 Å². The van der Waals surface area contributed by atoms with Gasteiger partial charge in [-0.05, 0) is 6.92 Å². The number of carbonyl (C=O) groups is 1. The van der Waals surface area contributed by atoms with Crippen molar-refractivity contribution in [2.75, 3.05) is 0 Å². The largest absolute Gasteiger partial charge is 0.294 e. The molecule has 0 spiro atoms. The third-order valence-corrected chi connectivity index (χ3v) is 1.64. The normalized spacial score (nSPS) is 9.83. The van der Waals surface area contributed by atoms with Crippen molar-refractivity contribution in [1.29, 1.82) is 0 Å². The molecule has 0 fully saturated rings. The number of Topliss-reactive ketones (excluding diaryl/α,β-unsaturated/α-hetero) is 1. The zero-order valence-electron chi connectivity index (χ0n) is 7.37. The van der Waals surface area contributed by atoms with E-state index in [0.29, 0.717) is 12.0 Å². The van der Waals surface area contributed by atoms with E-state index < -0.39 is 0 Å². The van der Waals surface area contributed by atoms with Gasteiger partial charge in [0.1, 0.15) is 0 Å². The average molecular weight is 164 g/mol. The second kappa shape index (κ2) is 3.34. The van der Waals surface area contributed by atoms with E-state index in [-0.39, 0.29) is 5.78 Å². The summed E-state index contributed by atoms with van der Waals surface area (Å²) in [7, 11) is 1.80. The van der Waals surface area contributed by atoms with Crippen LogP contribution in [-0.2, 0) is 7.05 Å². The topological polar surface area (TPSA) is 34.9 Å². The first-order valence-electron chi connectivity index (χ1n) is 3.79. The standard InChI is InChI=1S/C9H12N2O/c1-4-5-9(12)8-6-11(3)10-7(8)2/h4,6H,1,5H2,2-3H3. The molecule has 0 saturated heterocycles. The van der Waals surface area contributed by atoms with E-state index in [1.807, 2.05) is 6.92 Å². The molecule has 1 aromatic heterocycles. The van der Waals surface area contributed by atoms with Crippen molar-refractivity contribution in [2.24, 2.45) is 7.05 Å². The maximum Gasteiger partial charge on any atom is 0.170 e. The minimum atomic E-state index is 0.0793. The van der Waals surface area contributed by atoms with Crippen molar-refractivity contribution in [3.05, 3.63) is 30.1 Å². The molecule has 1 heterocycles. The Morgan fingerprint density at radius 2 is 2.50 bits per heavy atom. The van der Waals surface area contributed by atoms with E-state index in [1.165, 1.54) is 0 Å². The summed E-state index contributed by atoms with van der Waals surface area (Å²) in [5, 5.41) is 4.08. The highest BCUT2D eigenvalue weighted by atomic mass is 16.1. The van der Waals surface area contributed by atoms with Gasteiger partial charge in [-0.1, -0.05) is 6.08 Å². The first kappa shape index (κ1) is 8.71. The summed E-state index contributed by atoms with van der Waals surface area (Å²) in [4.78, 5) is 11.4. The van der Waals surface area contributed by atoms with E-state index in [4.69, 9.17) is 0 Å². The van der Waals surface area contributed by atoms with Gasteiger partial charge in [-0.2, -0.15) is 5.10 Å². The highest BCUT2D eigenvalue weighted by molar-refractivity contribution is 5.97. The molecule has 12 heavy (non-hydrogen) atoms. The van der Waals surface area contributed by atoms with Gasteiger partial charge in [0, 0.05) is 19.7 Å².